The molecule has 10 heteroatoms. The molecule has 2 heterocycles. The van der Waals surface area contributed by atoms with Gasteiger partial charge in [-0.2, -0.15) is 0 Å². The predicted molar refractivity (Wildman–Crippen MR) is 122 cm³/mol. The molecule has 3 atom stereocenters. The maximum Gasteiger partial charge on any atom is 0.268 e. The third-order valence-corrected chi connectivity index (χ3v) is 5.90. The topological polar surface area (TPSA) is 120 Å². The minimum Gasteiger partial charge on any atom is -0.356 e. The number of ketones is 1. The summed E-state index contributed by atoms with van der Waals surface area (Å²) >= 11 is 0. The van der Waals surface area contributed by atoms with Gasteiger partial charge in [0.15, 0.2) is 5.78 Å². The molecule has 34 heavy (non-hydrogen) atoms. The summed E-state index contributed by atoms with van der Waals surface area (Å²) in [4.78, 5) is 53.0. The van der Waals surface area contributed by atoms with Gasteiger partial charge in [0.25, 0.3) is 5.91 Å². The largest absolute Gasteiger partial charge is 0.356 e. The van der Waals surface area contributed by atoms with Crippen molar-refractivity contribution in [2.75, 3.05) is 6.54 Å². The highest BCUT2D eigenvalue weighted by atomic mass is 19.1. The van der Waals surface area contributed by atoms with Crippen molar-refractivity contribution in [3.8, 4) is 0 Å². The molecule has 3 amide bonds. The molecule has 0 radical (unpaired) electrons. The minimum atomic E-state index is -1.81. The average Bonchev–Trinajstić information content (AvgIpc) is 3.38. The molecule has 1 aromatic carbocycles. The highest BCUT2D eigenvalue weighted by Gasteiger charge is 2.34. The number of Topliss-reactive ketones (excluding diaryl/α,β-unsaturated/α-hetero) is 1. The first-order valence-corrected chi connectivity index (χ1v) is 11.4. The van der Waals surface area contributed by atoms with Crippen LogP contribution < -0.4 is 16.0 Å². The van der Waals surface area contributed by atoms with Crippen LogP contribution in [0.4, 0.5) is 8.78 Å². The fourth-order valence-corrected chi connectivity index (χ4v) is 4.12. The van der Waals surface area contributed by atoms with Crippen molar-refractivity contribution < 1.29 is 28.0 Å². The van der Waals surface area contributed by atoms with Crippen molar-refractivity contribution in [1.82, 2.24) is 20.9 Å². The molecule has 1 aliphatic heterocycles. The first kappa shape index (κ1) is 25.3. The van der Waals surface area contributed by atoms with Gasteiger partial charge < -0.3 is 20.9 Å². The quantitative estimate of drug-likeness (QED) is 0.421. The number of H-pyrrole nitrogens is 1. The summed E-state index contributed by atoms with van der Waals surface area (Å²) in [5.41, 5.74) is -1.65. The number of amides is 3. The molecule has 1 aliphatic rings. The van der Waals surface area contributed by atoms with Crippen LogP contribution in [-0.4, -0.2) is 52.8 Å². The number of carbonyl (C=O) groups is 4. The van der Waals surface area contributed by atoms with E-state index in [2.05, 4.69) is 20.9 Å². The van der Waals surface area contributed by atoms with Crippen LogP contribution in [0.3, 0.4) is 0 Å². The molecule has 1 saturated heterocycles. The number of alkyl halides is 1. The molecule has 0 unspecified atom stereocenters. The van der Waals surface area contributed by atoms with Gasteiger partial charge in [-0.05, 0) is 38.8 Å². The van der Waals surface area contributed by atoms with Crippen LogP contribution in [0.1, 0.15) is 56.9 Å². The van der Waals surface area contributed by atoms with Crippen LogP contribution in [0, 0.1) is 11.7 Å². The van der Waals surface area contributed by atoms with Crippen LogP contribution in [0.25, 0.3) is 10.9 Å². The average molecular weight is 477 g/mol. The highest BCUT2D eigenvalue weighted by Crippen LogP contribution is 2.21. The summed E-state index contributed by atoms with van der Waals surface area (Å²) in [5.74, 6) is -2.83. The van der Waals surface area contributed by atoms with Gasteiger partial charge in [-0.15, -0.1) is 0 Å². The number of carbonyl (C=O) groups excluding carboxylic acids is 4. The highest BCUT2D eigenvalue weighted by molar-refractivity contribution is 6.01. The number of hydrogen-bond acceptors (Lipinski definition) is 4. The molecule has 0 saturated carbocycles. The maximum atomic E-state index is 14.5. The predicted octanol–water partition coefficient (Wildman–Crippen LogP) is 2.53. The number of aromatic nitrogens is 1. The lowest BCUT2D eigenvalue weighted by Gasteiger charge is -2.26. The van der Waals surface area contributed by atoms with Gasteiger partial charge in [0.2, 0.25) is 11.8 Å². The van der Waals surface area contributed by atoms with Gasteiger partial charge in [-0.3, -0.25) is 19.2 Å². The molecule has 8 nitrogen and oxygen atoms in total. The Morgan fingerprint density at radius 1 is 1.21 bits per heavy atom. The van der Waals surface area contributed by atoms with Gasteiger partial charge in [0.1, 0.15) is 23.2 Å². The zero-order chi connectivity index (χ0) is 25.0. The Kier molecular flexibility index (Phi) is 7.68. The number of nitrogens with one attached hydrogen (secondary N) is 4. The molecule has 2 aromatic rings. The summed E-state index contributed by atoms with van der Waals surface area (Å²) in [5, 5.41) is 8.28. The molecule has 0 aliphatic carbocycles. The van der Waals surface area contributed by atoms with E-state index in [0.29, 0.717) is 18.4 Å². The lowest BCUT2D eigenvalue weighted by Crippen LogP contribution is -2.53. The van der Waals surface area contributed by atoms with E-state index >= 15 is 0 Å². The van der Waals surface area contributed by atoms with E-state index in [-0.39, 0.29) is 42.2 Å². The Labute approximate surface area is 196 Å². The fraction of sp³-hybridized carbons (Fsp3) is 0.500. The van der Waals surface area contributed by atoms with Crippen LogP contribution >= 0.6 is 0 Å². The van der Waals surface area contributed by atoms with Crippen molar-refractivity contribution in [2.24, 2.45) is 5.92 Å². The van der Waals surface area contributed by atoms with Crippen molar-refractivity contribution in [3.63, 3.8) is 0 Å². The lowest BCUT2D eigenvalue weighted by atomic mass is 9.94. The maximum absolute atomic E-state index is 14.5. The summed E-state index contributed by atoms with van der Waals surface area (Å²) in [6, 6.07) is 3.58. The number of rotatable bonds is 10. The van der Waals surface area contributed by atoms with Gasteiger partial charge in [0, 0.05) is 30.7 Å². The summed E-state index contributed by atoms with van der Waals surface area (Å²) in [7, 11) is 0. The van der Waals surface area contributed by atoms with Crippen LogP contribution in [0.15, 0.2) is 24.3 Å². The van der Waals surface area contributed by atoms with Crippen molar-refractivity contribution in [3.05, 3.63) is 35.8 Å². The van der Waals surface area contributed by atoms with Gasteiger partial charge in [0.05, 0.1) is 11.6 Å². The molecular formula is C24H30F2N4O4. The number of para-hydroxylation sites is 1. The molecule has 0 bridgehead atoms. The number of halogens is 2. The molecular weight excluding hydrogens is 446 g/mol. The second-order valence-corrected chi connectivity index (χ2v) is 9.23. The molecule has 0 spiro atoms. The SMILES string of the molecule is CCC(=O)[C@H](C[C@@H]1CCNC1=O)NC(=O)[C@H](CC(C)(C)F)NC(=O)c1cc2cccc(F)c2[nH]1. The molecule has 1 fully saturated rings. The minimum absolute atomic E-state index is 0.0124. The third-order valence-electron chi connectivity index (χ3n) is 5.90. The first-order valence-electron chi connectivity index (χ1n) is 11.4. The molecule has 3 rings (SSSR count). The second-order valence-electron chi connectivity index (χ2n) is 9.23. The Morgan fingerprint density at radius 3 is 2.53 bits per heavy atom. The second kappa shape index (κ2) is 10.3. The summed E-state index contributed by atoms with van der Waals surface area (Å²) in [6.45, 7) is 4.70. The van der Waals surface area contributed by atoms with E-state index in [1.165, 1.54) is 32.0 Å². The van der Waals surface area contributed by atoms with Gasteiger partial charge in [-0.1, -0.05) is 19.1 Å². The van der Waals surface area contributed by atoms with E-state index in [9.17, 15) is 28.0 Å². The summed E-state index contributed by atoms with van der Waals surface area (Å²) < 4.78 is 28.5. The standard InChI is InChI=1S/C24H30F2N4O4/c1-4-19(31)16(11-14-8-9-27-21(14)32)29-23(34)18(12-24(2,3)26)30-22(33)17-10-13-6-5-7-15(25)20(13)28-17/h5-7,10,14,16,18,28H,4,8-9,11-12H2,1-3H3,(H,27,32)(H,29,34)(H,30,33)/t14-,16-,18-/m0/s1. The Morgan fingerprint density at radius 2 is 1.94 bits per heavy atom. The van der Waals surface area contributed by atoms with Crippen LogP contribution in [0.2, 0.25) is 0 Å². The fourth-order valence-electron chi connectivity index (χ4n) is 4.12. The Bertz CT molecular complexity index is 1090. The van der Waals surface area contributed by atoms with Crippen LogP contribution in [0.5, 0.6) is 0 Å². The lowest BCUT2D eigenvalue weighted by molar-refractivity contribution is -0.130. The van der Waals surface area contributed by atoms with E-state index in [4.69, 9.17) is 0 Å². The third kappa shape index (κ3) is 6.18. The van der Waals surface area contributed by atoms with E-state index in [1.807, 2.05) is 0 Å². The zero-order valence-corrected chi connectivity index (χ0v) is 19.5. The monoisotopic (exact) mass is 476 g/mol. The molecule has 4 N–H and O–H groups in total. The van der Waals surface area contributed by atoms with Crippen molar-refractivity contribution >= 4 is 34.4 Å². The number of hydrogen-bond donors (Lipinski definition) is 4. The van der Waals surface area contributed by atoms with Gasteiger partial charge >= 0.3 is 0 Å². The number of aromatic amines is 1. The molecule has 1 aromatic heterocycles. The van der Waals surface area contributed by atoms with Crippen molar-refractivity contribution in [2.45, 2.75) is 64.2 Å². The van der Waals surface area contributed by atoms with Gasteiger partial charge in [-0.25, -0.2) is 8.78 Å². The number of fused-ring (bicyclic) bond motifs is 1. The Balaban J connectivity index is 1.78. The zero-order valence-electron chi connectivity index (χ0n) is 19.5. The van der Waals surface area contributed by atoms with Crippen LogP contribution in [-0.2, 0) is 14.4 Å². The van der Waals surface area contributed by atoms with E-state index in [0.717, 1.165) is 0 Å². The smallest absolute Gasteiger partial charge is 0.268 e. The van der Waals surface area contributed by atoms with E-state index < -0.39 is 41.3 Å². The van der Waals surface area contributed by atoms with Crippen molar-refractivity contribution in [1.29, 1.82) is 0 Å². The molecule has 184 valence electrons. The normalized spacial score (nSPS) is 17.8. The first-order chi connectivity index (χ1) is 16.0. The summed E-state index contributed by atoms with van der Waals surface area (Å²) in [6.07, 6.45) is 0.476. The number of benzene rings is 1. The van der Waals surface area contributed by atoms with E-state index in [1.54, 1.807) is 13.0 Å². The Hall–Kier alpha value is -3.30.